The Morgan fingerprint density at radius 1 is 0.882 bits per heavy atom. The highest BCUT2D eigenvalue weighted by Crippen LogP contribution is 2.41. The molecule has 0 amide bonds. The molecular weight excluding hydrogens is 227 g/mol. The lowest BCUT2D eigenvalue weighted by molar-refractivity contribution is 0.590. The Labute approximate surface area is 102 Å². The van der Waals surface area contributed by atoms with Crippen LogP contribution < -0.4 is 5.30 Å². The van der Waals surface area contributed by atoms with Crippen LogP contribution in [0.2, 0.25) is 0 Å². The fourth-order valence-corrected chi connectivity index (χ4v) is 3.00. The Balaban J connectivity index is 2.24. The molecule has 0 heterocycles. The summed E-state index contributed by atoms with van der Waals surface area (Å²) in [6.45, 7) is 1.79. The van der Waals surface area contributed by atoms with Gasteiger partial charge < -0.3 is 4.57 Å². The molecule has 0 aliphatic heterocycles. The topological polar surface area (TPSA) is 17.1 Å². The Hall–Kier alpha value is -1.59. The molecule has 1 nitrogen and oxygen atoms in total. The molecule has 0 radical (unpaired) electrons. The van der Waals surface area contributed by atoms with Crippen LogP contribution in [0, 0.1) is 0 Å². The van der Waals surface area contributed by atoms with E-state index in [2.05, 4.69) is 0 Å². The summed E-state index contributed by atoms with van der Waals surface area (Å²) >= 11 is 0. The van der Waals surface area contributed by atoms with Crippen LogP contribution in [0.1, 0.15) is 5.56 Å². The quantitative estimate of drug-likeness (QED) is 0.744. The van der Waals surface area contributed by atoms with Crippen molar-refractivity contribution in [3.8, 4) is 0 Å². The molecule has 2 aromatic rings. The van der Waals surface area contributed by atoms with Gasteiger partial charge >= 0.3 is 0 Å². The van der Waals surface area contributed by atoms with Crippen LogP contribution in [0.25, 0.3) is 6.08 Å². The normalized spacial score (nSPS) is 14.6. The van der Waals surface area contributed by atoms with Gasteiger partial charge in [0, 0.05) is 5.30 Å². The zero-order chi connectivity index (χ0) is 12.1. The number of benzene rings is 2. The minimum atomic E-state index is -2.39. The molecule has 0 saturated carbocycles. The monoisotopic (exact) mass is 242 g/mol. The van der Waals surface area contributed by atoms with E-state index in [4.69, 9.17) is 0 Å². The van der Waals surface area contributed by atoms with Crippen LogP contribution in [-0.4, -0.2) is 6.66 Å². The summed E-state index contributed by atoms with van der Waals surface area (Å²) in [6, 6.07) is 19.5. The SMILES string of the molecule is CP(=O)(/C=C/c1ccccc1)c1ccccc1. The van der Waals surface area contributed by atoms with Crippen LogP contribution in [0.4, 0.5) is 0 Å². The first-order chi connectivity index (χ1) is 8.18. The molecule has 1 unspecified atom stereocenters. The molecule has 0 spiro atoms. The third-order valence-electron chi connectivity index (χ3n) is 2.62. The third-order valence-corrected chi connectivity index (χ3v) is 4.66. The summed E-state index contributed by atoms with van der Waals surface area (Å²) in [5.74, 6) is 1.82. The molecule has 0 fully saturated rings. The average molecular weight is 242 g/mol. The van der Waals surface area contributed by atoms with Gasteiger partial charge in [0.25, 0.3) is 0 Å². The lowest BCUT2D eigenvalue weighted by Crippen LogP contribution is -1.99. The molecule has 1 atom stereocenters. The van der Waals surface area contributed by atoms with Crippen LogP contribution in [0.15, 0.2) is 66.5 Å². The maximum Gasteiger partial charge on any atom is 0.133 e. The van der Waals surface area contributed by atoms with E-state index in [-0.39, 0.29) is 0 Å². The first-order valence-electron chi connectivity index (χ1n) is 5.55. The van der Waals surface area contributed by atoms with E-state index in [1.165, 1.54) is 0 Å². The Morgan fingerprint density at radius 2 is 1.41 bits per heavy atom. The fraction of sp³-hybridized carbons (Fsp3) is 0.0667. The minimum Gasteiger partial charge on any atom is -0.315 e. The number of rotatable bonds is 3. The van der Waals surface area contributed by atoms with Gasteiger partial charge in [0.05, 0.1) is 0 Å². The largest absolute Gasteiger partial charge is 0.315 e. The smallest absolute Gasteiger partial charge is 0.133 e. The zero-order valence-electron chi connectivity index (χ0n) is 9.78. The molecule has 0 aliphatic rings. The number of hydrogen-bond acceptors (Lipinski definition) is 1. The predicted octanol–water partition coefficient (Wildman–Crippen LogP) is 3.98. The van der Waals surface area contributed by atoms with Gasteiger partial charge in [0.2, 0.25) is 0 Å². The summed E-state index contributed by atoms with van der Waals surface area (Å²) in [5.41, 5.74) is 1.07. The van der Waals surface area contributed by atoms with Gasteiger partial charge in [-0.25, -0.2) is 0 Å². The fourth-order valence-electron chi connectivity index (χ4n) is 1.60. The molecule has 0 bridgehead atoms. The molecule has 0 aliphatic carbocycles. The Morgan fingerprint density at radius 3 is 2.00 bits per heavy atom. The first-order valence-corrected chi connectivity index (χ1v) is 7.78. The van der Waals surface area contributed by atoms with Crippen molar-refractivity contribution >= 4 is 18.5 Å². The van der Waals surface area contributed by atoms with Gasteiger partial charge in [-0.3, -0.25) is 0 Å². The number of hydrogen-bond donors (Lipinski definition) is 0. The van der Waals surface area contributed by atoms with Gasteiger partial charge in [-0.15, -0.1) is 0 Å². The summed E-state index contributed by atoms with van der Waals surface area (Å²) in [6.07, 6.45) is 1.92. The van der Waals surface area contributed by atoms with Crippen molar-refractivity contribution in [3.05, 3.63) is 72.0 Å². The van der Waals surface area contributed by atoms with Crippen molar-refractivity contribution in [2.45, 2.75) is 0 Å². The summed E-state index contributed by atoms with van der Waals surface area (Å²) < 4.78 is 12.5. The second kappa shape index (κ2) is 5.16. The first kappa shape index (κ1) is 11.9. The van der Waals surface area contributed by atoms with E-state index in [1.807, 2.05) is 72.6 Å². The van der Waals surface area contributed by atoms with Crippen LogP contribution in [-0.2, 0) is 4.57 Å². The lowest BCUT2D eigenvalue weighted by atomic mass is 10.2. The Bertz CT molecular complexity index is 544. The van der Waals surface area contributed by atoms with Gasteiger partial charge in [-0.05, 0) is 18.0 Å². The molecule has 0 N–H and O–H groups in total. The van der Waals surface area contributed by atoms with Crippen LogP contribution >= 0.6 is 7.14 Å². The molecule has 2 heteroatoms. The van der Waals surface area contributed by atoms with E-state index in [0.29, 0.717) is 0 Å². The van der Waals surface area contributed by atoms with Gasteiger partial charge in [0.1, 0.15) is 7.14 Å². The van der Waals surface area contributed by atoms with Gasteiger partial charge in [0.15, 0.2) is 0 Å². The molecule has 2 rings (SSSR count). The molecular formula is C15H15OP. The van der Waals surface area contributed by atoms with E-state index in [9.17, 15) is 4.57 Å². The van der Waals surface area contributed by atoms with Gasteiger partial charge in [-0.2, -0.15) is 0 Å². The second-order valence-electron chi connectivity index (χ2n) is 4.05. The molecule has 0 saturated heterocycles. The highest BCUT2D eigenvalue weighted by Gasteiger charge is 2.12. The van der Waals surface area contributed by atoms with Crippen molar-refractivity contribution in [1.29, 1.82) is 0 Å². The maximum atomic E-state index is 12.5. The molecule has 0 aromatic heterocycles. The highest BCUT2D eigenvalue weighted by molar-refractivity contribution is 7.73. The summed E-state index contributed by atoms with van der Waals surface area (Å²) in [5, 5.41) is 0.896. The van der Waals surface area contributed by atoms with E-state index in [0.717, 1.165) is 10.9 Å². The molecule has 2 aromatic carbocycles. The van der Waals surface area contributed by atoms with Crippen molar-refractivity contribution in [2.75, 3.05) is 6.66 Å². The average Bonchev–Trinajstić information content (AvgIpc) is 2.39. The molecule has 86 valence electrons. The molecule has 17 heavy (non-hydrogen) atoms. The maximum absolute atomic E-state index is 12.5. The van der Waals surface area contributed by atoms with Crippen molar-refractivity contribution in [1.82, 2.24) is 0 Å². The van der Waals surface area contributed by atoms with Gasteiger partial charge in [-0.1, -0.05) is 66.7 Å². The standard InChI is InChI=1S/C15H15OP/c1-17(16,15-10-6-3-7-11-15)13-12-14-8-4-2-5-9-14/h2-13H,1H3/b13-12+. The summed E-state index contributed by atoms with van der Waals surface area (Å²) in [4.78, 5) is 0. The van der Waals surface area contributed by atoms with E-state index < -0.39 is 7.14 Å². The predicted molar refractivity (Wildman–Crippen MR) is 75.1 cm³/mol. The van der Waals surface area contributed by atoms with Crippen molar-refractivity contribution < 1.29 is 4.57 Å². The summed E-state index contributed by atoms with van der Waals surface area (Å²) in [7, 11) is -2.39. The highest BCUT2D eigenvalue weighted by atomic mass is 31.2. The van der Waals surface area contributed by atoms with E-state index >= 15 is 0 Å². The van der Waals surface area contributed by atoms with Crippen molar-refractivity contribution in [3.63, 3.8) is 0 Å². The van der Waals surface area contributed by atoms with E-state index in [1.54, 1.807) is 6.66 Å². The van der Waals surface area contributed by atoms with Crippen LogP contribution in [0.5, 0.6) is 0 Å². The van der Waals surface area contributed by atoms with Crippen molar-refractivity contribution in [2.24, 2.45) is 0 Å². The second-order valence-corrected chi connectivity index (χ2v) is 6.85. The third kappa shape index (κ3) is 3.18. The minimum absolute atomic E-state index is 0.896. The lowest BCUT2D eigenvalue weighted by Gasteiger charge is -2.07. The zero-order valence-corrected chi connectivity index (χ0v) is 10.7. The Kier molecular flexibility index (Phi) is 3.61. The van der Waals surface area contributed by atoms with Crippen LogP contribution in [0.3, 0.4) is 0 Å².